The molecule has 0 spiro atoms. The Morgan fingerprint density at radius 1 is 1.03 bits per heavy atom. The number of nitrogens with zero attached hydrogens (tertiary/aromatic N) is 1. The molecule has 36 heavy (non-hydrogen) atoms. The van der Waals surface area contributed by atoms with Crippen LogP contribution in [0.4, 0.5) is 14.5 Å². The predicted molar refractivity (Wildman–Crippen MR) is 135 cm³/mol. The minimum absolute atomic E-state index is 0.205. The van der Waals surface area contributed by atoms with Gasteiger partial charge < -0.3 is 14.7 Å². The highest BCUT2D eigenvalue weighted by molar-refractivity contribution is 7.92. The lowest BCUT2D eigenvalue weighted by Gasteiger charge is -2.20. The molecule has 2 aromatic heterocycles. The number of carbonyl (C=O) groups excluding carboxylic acids is 1. The maximum atomic E-state index is 14.4. The molecule has 2 N–H and O–H groups in total. The summed E-state index contributed by atoms with van der Waals surface area (Å²) in [5.74, 6) is -1.10. The number of H-pyrrole nitrogens is 1. The molecule has 0 aliphatic rings. The van der Waals surface area contributed by atoms with E-state index in [-0.39, 0.29) is 22.6 Å². The lowest BCUT2D eigenvalue weighted by atomic mass is 10.0. The molecule has 184 valence electrons. The number of halogens is 2. The van der Waals surface area contributed by atoms with Gasteiger partial charge in [0.25, 0.3) is 5.91 Å². The number of furan rings is 1. The van der Waals surface area contributed by atoms with E-state index in [4.69, 9.17) is 4.42 Å². The summed E-state index contributed by atoms with van der Waals surface area (Å²) < 4.78 is 60.1. The number of hydrogen-bond acceptors (Lipinski definition) is 4. The third kappa shape index (κ3) is 3.89. The second kappa shape index (κ2) is 8.49. The molecule has 0 atom stereocenters. The van der Waals surface area contributed by atoms with Crippen molar-refractivity contribution in [2.75, 3.05) is 24.7 Å². The van der Waals surface area contributed by atoms with Crippen molar-refractivity contribution in [3.8, 4) is 22.6 Å². The van der Waals surface area contributed by atoms with E-state index in [1.54, 1.807) is 24.3 Å². The van der Waals surface area contributed by atoms with Crippen LogP contribution < -0.4 is 9.62 Å². The molecule has 5 aromatic rings. The third-order valence-electron chi connectivity index (χ3n) is 6.10. The zero-order valence-corrected chi connectivity index (χ0v) is 20.3. The van der Waals surface area contributed by atoms with Crippen LogP contribution >= 0.6 is 0 Å². The van der Waals surface area contributed by atoms with Gasteiger partial charge in [0.1, 0.15) is 23.0 Å². The molecular weight excluding hydrogens is 488 g/mol. The number of anilines is 1. The molecule has 7 nitrogen and oxygen atoms in total. The average Bonchev–Trinajstić information content (AvgIpc) is 3.44. The van der Waals surface area contributed by atoms with Gasteiger partial charge in [0, 0.05) is 53.3 Å². The van der Waals surface area contributed by atoms with Crippen LogP contribution in [0.1, 0.15) is 10.4 Å². The van der Waals surface area contributed by atoms with Crippen molar-refractivity contribution in [1.29, 1.82) is 0 Å². The van der Waals surface area contributed by atoms with Gasteiger partial charge in [0.15, 0.2) is 0 Å². The summed E-state index contributed by atoms with van der Waals surface area (Å²) in [6.07, 6.45) is 1.06. The predicted octanol–water partition coefficient (Wildman–Crippen LogP) is 5.28. The van der Waals surface area contributed by atoms with Gasteiger partial charge in [-0.1, -0.05) is 6.07 Å². The van der Waals surface area contributed by atoms with Gasteiger partial charge >= 0.3 is 0 Å². The van der Waals surface area contributed by atoms with E-state index in [0.717, 1.165) is 10.6 Å². The van der Waals surface area contributed by atoms with E-state index in [0.29, 0.717) is 33.1 Å². The molecule has 5 rings (SSSR count). The van der Waals surface area contributed by atoms with Gasteiger partial charge in [-0.2, -0.15) is 0 Å². The first kappa shape index (κ1) is 23.6. The second-order valence-corrected chi connectivity index (χ2v) is 10.4. The van der Waals surface area contributed by atoms with Crippen LogP contribution in [0.5, 0.6) is 0 Å². The zero-order valence-electron chi connectivity index (χ0n) is 19.5. The first-order valence-corrected chi connectivity index (χ1v) is 12.7. The molecule has 10 heteroatoms. The van der Waals surface area contributed by atoms with Gasteiger partial charge in [0.2, 0.25) is 10.0 Å². The molecular formula is C26H21F2N3O4S. The number of sulfonamides is 1. The topological polar surface area (TPSA) is 95.4 Å². The van der Waals surface area contributed by atoms with E-state index in [2.05, 4.69) is 10.3 Å². The highest BCUT2D eigenvalue weighted by Gasteiger charge is 2.26. The molecule has 3 aromatic carbocycles. The Hall–Kier alpha value is -4.18. The van der Waals surface area contributed by atoms with E-state index in [9.17, 15) is 22.0 Å². The molecule has 0 aliphatic heterocycles. The fourth-order valence-electron chi connectivity index (χ4n) is 4.21. The van der Waals surface area contributed by atoms with Crippen LogP contribution in [0.15, 0.2) is 65.1 Å². The standard InChI is InChI=1S/C26H21F2N3O4S/c1-29-26(32)24-18-11-17(21-12-16-19(28)5-4-6-20(16)30-21)22(31(2)36(3,33)34)13-23(18)35-25(24)14-7-9-15(27)10-8-14/h4-13,30H,1-3H3,(H,29,32). The molecule has 0 radical (unpaired) electrons. The highest BCUT2D eigenvalue weighted by atomic mass is 32.2. The number of aromatic amines is 1. The Labute approximate surface area is 205 Å². The van der Waals surface area contributed by atoms with Gasteiger partial charge in [0.05, 0.1) is 17.5 Å². The van der Waals surface area contributed by atoms with Gasteiger partial charge in [-0.25, -0.2) is 17.2 Å². The third-order valence-corrected chi connectivity index (χ3v) is 7.30. The van der Waals surface area contributed by atoms with Gasteiger partial charge in [-0.05, 0) is 48.5 Å². The minimum Gasteiger partial charge on any atom is -0.455 e. The van der Waals surface area contributed by atoms with Crippen molar-refractivity contribution in [1.82, 2.24) is 10.3 Å². The summed E-state index contributed by atoms with van der Waals surface area (Å²) in [4.78, 5) is 16.1. The first-order valence-electron chi connectivity index (χ1n) is 10.9. The van der Waals surface area contributed by atoms with Crippen LogP contribution in [0.25, 0.3) is 44.5 Å². The van der Waals surface area contributed by atoms with Crippen molar-refractivity contribution in [3.63, 3.8) is 0 Å². The minimum atomic E-state index is -3.69. The quantitative estimate of drug-likeness (QED) is 0.337. The number of aromatic nitrogens is 1. The summed E-state index contributed by atoms with van der Waals surface area (Å²) in [6, 6.07) is 14.8. The molecule has 0 saturated carbocycles. The van der Waals surface area contributed by atoms with E-state index >= 15 is 0 Å². The summed E-state index contributed by atoms with van der Waals surface area (Å²) in [5, 5.41) is 3.34. The number of carbonyl (C=O) groups is 1. The van der Waals surface area contributed by atoms with Gasteiger partial charge in [-0.3, -0.25) is 9.10 Å². The fourth-order valence-corrected chi connectivity index (χ4v) is 4.71. The van der Waals surface area contributed by atoms with Crippen molar-refractivity contribution < 1.29 is 26.4 Å². The maximum absolute atomic E-state index is 14.4. The van der Waals surface area contributed by atoms with Crippen molar-refractivity contribution in [2.45, 2.75) is 0 Å². The molecule has 2 heterocycles. The van der Waals surface area contributed by atoms with Crippen molar-refractivity contribution in [3.05, 3.63) is 77.9 Å². The number of hydrogen-bond donors (Lipinski definition) is 2. The summed E-state index contributed by atoms with van der Waals surface area (Å²) in [5.41, 5.74) is 2.60. The molecule has 0 saturated heterocycles. The summed E-state index contributed by atoms with van der Waals surface area (Å²) in [6.45, 7) is 0. The molecule has 0 aliphatic carbocycles. The lowest BCUT2D eigenvalue weighted by Crippen LogP contribution is -2.25. The van der Waals surface area contributed by atoms with Crippen LogP contribution in [-0.2, 0) is 10.0 Å². The number of fused-ring (bicyclic) bond motifs is 2. The fraction of sp³-hybridized carbons (Fsp3) is 0.115. The molecule has 0 unspecified atom stereocenters. The van der Waals surface area contributed by atoms with Crippen LogP contribution in [0.2, 0.25) is 0 Å². The summed E-state index contributed by atoms with van der Waals surface area (Å²) >= 11 is 0. The Morgan fingerprint density at radius 2 is 1.75 bits per heavy atom. The average molecular weight is 510 g/mol. The number of benzene rings is 3. The van der Waals surface area contributed by atoms with Crippen molar-refractivity contribution >= 4 is 43.5 Å². The monoisotopic (exact) mass is 509 g/mol. The van der Waals surface area contributed by atoms with Crippen molar-refractivity contribution in [2.24, 2.45) is 0 Å². The van der Waals surface area contributed by atoms with Crippen LogP contribution in [-0.4, -0.2) is 39.7 Å². The normalized spacial score (nSPS) is 11.8. The SMILES string of the molecule is CNC(=O)c1c(-c2ccc(F)cc2)oc2cc(N(C)S(C)(=O)=O)c(-c3cc4c(F)cccc4[nH]3)cc12. The smallest absolute Gasteiger partial charge is 0.255 e. The van der Waals surface area contributed by atoms with E-state index in [1.807, 2.05) is 0 Å². The number of rotatable bonds is 5. The number of nitrogens with one attached hydrogen (secondary N) is 2. The first-order chi connectivity index (χ1) is 17.1. The van der Waals surface area contributed by atoms with E-state index in [1.165, 1.54) is 50.5 Å². The Bertz CT molecular complexity index is 1760. The Balaban J connectivity index is 1.86. The second-order valence-electron chi connectivity index (χ2n) is 8.37. The van der Waals surface area contributed by atoms with Crippen LogP contribution in [0.3, 0.4) is 0 Å². The summed E-state index contributed by atoms with van der Waals surface area (Å²) in [7, 11) is -0.821. The van der Waals surface area contributed by atoms with E-state index < -0.39 is 27.6 Å². The highest BCUT2D eigenvalue weighted by Crippen LogP contribution is 2.41. The lowest BCUT2D eigenvalue weighted by molar-refractivity contribution is 0.0964. The Morgan fingerprint density at radius 3 is 2.39 bits per heavy atom. The molecule has 1 amide bonds. The maximum Gasteiger partial charge on any atom is 0.255 e. The largest absolute Gasteiger partial charge is 0.455 e. The molecule has 0 bridgehead atoms. The number of amides is 1. The van der Waals surface area contributed by atoms with Crippen LogP contribution in [0, 0.1) is 11.6 Å². The van der Waals surface area contributed by atoms with Gasteiger partial charge in [-0.15, -0.1) is 0 Å². The zero-order chi connectivity index (χ0) is 25.8. The molecule has 0 fully saturated rings. The Kier molecular flexibility index (Phi) is 5.55.